The maximum absolute atomic E-state index is 12.0. The number of ether oxygens (including phenoxy) is 1. The monoisotopic (exact) mass is 326 g/mol. The molecule has 3 rings (SSSR count). The number of rotatable bonds is 4. The van der Waals surface area contributed by atoms with Gasteiger partial charge in [0.25, 0.3) is 5.91 Å². The van der Waals surface area contributed by atoms with E-state index in [2.05, 4.69) is 5.32 Å². The Balaban J connectivity index is 1.64. The summed E-state index contributed by atoms with van der Waals surface area (Å²) in [7, 11) is 1.78. The molecule has 1 amide bonds. The van der Waals surface area contributed by atoms with E-state index in [4.69, 9.17) is 4.74 Å². The first kappa shape index (κ1) is 15.1. The van der Waals surface area contributed by atoms with Crippen molar-refractivity contribution in [2.75, 3.05) is 5.32 Å². The van der Waals surface area contributed by atoms with Crippen LogP contribution in [0.4, 0.5) is 5.69 Å². The van der Waals surface area contributed by atoms with Crippen molar-refractivity contribution in [2.45, 2.75) is 0 Å². The van der Waals surface area contributed by atoms with Crippen molar-refractivity contribution in [1.29, 1.82) is 0 Å². The second kappa shape index (κ2) is 6.50. The van der Waals surface area contributed by atoms with Gasteiger partial charge in [0.05, 0.1) is 4.88 Å². The van der Waals surface area contributed by atoms with Crippen LogP contribution in [0, 0.1) is 0 Å². The number of carbonyl (C=O) groups is 2. The first-order valence-corrected chi connectivity index (χ1v) is 7.80. The summed E-state index contributed by atoms with van der Waals surface area (Å²) in [4.78, 5) is 24.6. The molecule has 0 radical (unpaired) electrons. The van der Waals surface area contributed by atoms with Gasteiger partial charge in [-0.2, -0.15) is 0 Å². The van der Waals surface area contributed by atoms with E-state index in [-0.39, 0.29) is 5.91 Å². The van der Waals surface area contributed by atoms with E-state index in [9.17, 15) is 9.59 Å². The van der Waals surface area contributed by atoms with Crippen LogP contribution in [0.2, 0.25) is 0 Å². The predicted octanol–water partition coefficient (Wildman–Crippen LogP) is 3.56. The standard InChI is InChI=1S/C17H14N2O3S/c1-19-10-2-4-14(19)17(21)22-13-8-6-12(7-9-13)18-16(20)15-5-3-11-23-15/h2-11H,1H3,(H,18,20). The fourth-order valence-electron chi connectivity index (χ4n) is 2.04. The maximum atomic E-state index is 12.0. The third kappa shape index (κ3) is 3.49. The van der Waals surface area contributed by atoms with Crippen LogP contribution in [0.15, 0.2) is 60.1 Å². The quantitative estimate of drug-likeness (QED) is 0.589. The van der Waals surface area contributed by atoms with Gasteiger partial charge in [-0.3, -0.25) is 4.79 Å². The van der Waals surface area contributed by atoms with Gasteiger partial charge in [-0.05, 0) is 47.8 Å². The van der Waals surface area contributed by atoms with E-state index in [0.717, 1.165) is 0 Å². The molecule has 0 saturated heterocycles. The lowest BCUT2D eigenvalue weighted by Crippen LogP contribution is -2.13. The maximum Gasteiger partial charge on any atom is 0.360 e. The van der Waals surface area contributed by atoms with Gasteiger partial charge in [0.2, 0.25) is 0 Å². The van der Waals surface area contributed by atoms with Gasteiger partial charge < -0.3 is 14.6 Å². The Kier molecular flexibility index (Phi) is 4.25. The first-order valence-electron chi connectivity index (χ1n) is 6.92. The molecular weight excluding hydrogens is 312 g/mol. The van der Waals surface area contributed by atoms with Gasteiger partial charge >= 0.3 is 5.97 Å². The van der Waals surface area contributed by atoms with Gasteiger partial charge in [0.15, 0.2) is 0 Å². The topological polar surface area (TPSA) is 60.3 Å². The smallest absolute Gasteiger partial charge is 0.360 e. The minimum absolute atomic E-state index is 0.159. The highest BCUT2D eigenvalue weighted by Gasteiger charge is 2.12. The average molecular weight is 326 g/mol. The number of benzene rings is 1. The number of nitrogens with one attached hydrogen (secondary N) is 1. The van der Waals surface area contributed by atoms with Gasteiger partial charge in [0.1, 0.15) is 11.4 Å². The fourth-order valence-corrected chi connectivity index (χ4v) is 2.66. The highest BCUT2D eigenvalue weighted by molar-refractivity contribution is 7.12. The minimum atomic E-state index is -0.423. The molecule has 0 aliphatic carbocycles. The van der Waals surface area contributed by atoms with E-state index < -0.39 is 5.97 Å². The Bertz CT molecular complexity index is 820. The molecule has 1 N–H and O–H groups in total. The summed E-state index contributed by atoms with van der Waals surface area (Å²) in [6, 6.07) is 13.7. The zero-order valence-corrected chi connectivity index (χ0v) is 13.2. The molecule has 0 fully saturated rings. The van der Waals surface area contributed by atoms with Gasteiger partial charge in [-0.25, -0.2) is 4.79 Å². The summed E-state index contributed by atoms with van der Waals surface area (Å²) in [5, 5.41) is 4.64. The summed E-state index contributed by atoms with van der Waals surface area (Å²) in [5.74, 6) is -0.160. The molecule has 116 valence electrons. The Morgan fingerprint density at radius 2 is 1.87 bits per heavy atom. The van der Waals surface area contributed by atoms with Crippen molar-refractivity contribution >= 4 is 28.9 Å². The second-order valence-corrected chi connectivity index (χ2v) is 5.80. The first-order chi connectivity index (χ1) is 11.1. The van der Waals surface area contributed by atoms with Crippen molar-refractivity contribution in [1.82, 2.24) is 4.57 Å². The molecule has 0 aliphatic heterocycles. The van der Waals surface area contributed by atoms with Crippen LogP contribution in [0.3, 0.4) is 0 Å². The summed E-state index contributed by atoms with van der Waals surface area (Å²) < 4.78 is 6.99. The molecule has 0 aliphatic rings. The van der Waals surface area contributed by atoms with Crippen LogP contribution < -0.4 is 10.1 Å². The molecule has 23 heavy (non-hydrogen) atoms. The van der Waals surface area contributed by atoms with Crippen LogP contribution in [0.1, 0.15) is 20.2 Å². The summed E-state index contributed by atoms with van der Waals surface area (Å²) in [5.41, 5.74) is 1.11. The zero-order valence-electron chi connectivity index (χ0n) is 12.4. The van der Waals surface area contributed by atoms with Crippen molar-refractivity contribution in [3.63, 3.8) is 0 Å². The number of esters is 1. The Morgan fingerprint density at radius 3 is 2.48 bits per heavy atom. The summed E-state index contributed by atoms with van der Waals surface area (Å²) in [6.45, 7) is 0. The number of nitrogens with zero attached hydrogens (tertiary/aromatic N) is 1. The normalized spacial score (nSPS) is 10.3. The lowest BCUT2D eigenvalue weighted by atomic mass is 10.3. The molecule has 2 aromatic heterocycles. The van der Waals surface area contributed by atoms with E-state index in [1.807, 2.05) is 11.4 Å². The molecular formula is C17H14N2O3S. The number of aromatic nitrogens is 1. The lowest BCUT2D eigenvalue weighted by Gasteiger charge is -2.07. The zero-order chi connectivity index (χ0) is 16.2. The number of thiophene rings is 1. The fraction of sp³-hybridized carbons (Fsp3) is 0.0588. The Labute approximate surface area is 137 Å². The third-order valence-corrected chi connectivity index (χ3v) is 4.09. The molecule has 5 nitrogen and oxygen atoms in total. The predicted molar refractivity (Wildman–Crippen MR) is 89.1 cm³/mol. The van der Waals surface area contributed by atoms with E-state index in [1.54, 1.807) is 60.3 Å². The highest BCUT2D eigenvalue weighted by Crippen LogP contribution is 2.18. The average Bonchev–Trinajstić information content (AvgIpc) is 3.20. The Hall–Kier alpha value is -2.86. The number of amides is 1. The Morgan fingerprint density at radius 1 is 1.09 bits per heavy atom. The largest absolute Gasteiger partial charge is 0.422 e. The lowest BCUT2D eigenvalue weighted by molar-refractivity contribution is 0.0724. The molecule has 0 spiro atoms. The van der Waals surface area contributed by atoms with Crippen molar-refractivity contribution in [2.24, 2.45) is 7.05 Å². The molecule has 0 unspecified atom stereocenters. The van der Waals surface area contributed by atoms with Crippen molar-refractivity contribution in [3.05, 3.63) is 70.7 Å². The van der Waals surface area contributed by atoms with Gasteiger partial charge in [-0.1, -0.05) is 6.07 Å². The van der Waals surface area contributed by atoms with Crippen LogP contribution in [0.25, 0.3) is 0 Å². The summed E-state index contributed by atoms with van der Waals surface area (Å²) >= 11 is 1.38. The van der Waals surface area contributed by atoms with E-state index in [1.165, 1.54) is 11.3 Å². The molecule has 2 heterocycles. The molecule has 0 atom stereocenters. The number of hydrogen-bond acceptors (Lipinski definition) is 4. The second-order valence-electron chi connectivity index (χ2n) is 4.85. The van der Waals surface area contributed by atoms with Crippen LogP contribution in [0.5, 0.6) is 5.75 Å². The summed E-state index contributed by atoms with van der Waals surface area (Å²) in [6.07, 6.45) is 1.78. The number of anilines is 1. The molecule has 6 heteroatoms. The molecule has 3 aromatic rings. The van der Waals surface area contributed by atoms with Crippen molar-refractivity contribution in [3.8, 4) is 5.75 Å². The molecule has 1 aromatic carbocycles. The SMILES string of the molecule is Cn1cccc1C(=O)Oc1ccc(NC(=O)c2cccs2)cc1. The number of hydrogen-bond donors (Lipinski definition) is 1. The van der Waals surface area contributed by atoms with Crippen molar-refractivity contribution < 1.29 is 14.3 Å². The third-order valence-electron chi connectivity index (χ3n) is 3.22. The minimum Gasteiger partial charge on any atom is -0.422 e. The molecule has 0 saturated carbocycles. The van der Waals surface area contributed by atoms with Crippen LogP contribution in [-0.4, -0.2) is 16.4 Å². The highest BCUT2D eigenvalue weighted by atomic mass is 32.1. The van der Waals surface area contributed by atoms with Gasteiger partial charge in [-0.15, -0.1) is 11.3 Å². The molecule has 0 bridgehead atoms. The number of aryl methyl sites for hydroxylation is 1. The van der Waals surface area contributed by atoms with Crippen LogP contribution in [-0.2, 0) is 7.05 Å². The number of carbonyl (C=O) groups excluding carboxylic acids is 2. The van der Waals surface area contributed by atoms with E-state index in [0.29, 0.717) is 22.0 Å². The van der Waals surface area contributed by atoms with Crippen LogP contribution >= 0.6 is 11.3 Å². The van der Waals surface area contributed by atoms with E-state index >= 15 is 0 Å². The van der Waals surface area contributed by atoms with Gasteiger partial charge in [0, 0.05) is 18.9 Å².